The van der Waals surface area contributed by atoms with Gasteiger partial charge >= 0.3 is 6.18 Å². The van der Waals surface area contributed by atoms with E-state index in [-0.39, 0.29) is 11.7 Å². The molecule has 1 atom stereocenters. The Morgan fingerprint density at radius 1 is 1.17 bits per heavy atom. The normalized spacial score (nSPS) is 13.0. The maximum Gasteiger partial charge on any atom is 0.416 e. The van der Waals surface area contributed by atoms with Crippen LogP contribution in [0.2, 0.25) is 0 Å². The average Bonchev–Trinajstić information content (AvgIpc) is 2.26. The van der Waals surface area contributed by atoms with Gasteiger partial charge in [-0.15, -0.1) is 0 Å². The van der Waals surface area contributed by atoms with E-state index in [0.29, 0.717) is 5.56 Å². The third-order valence-electron chi connectivity index (χ3n) is 2.49. The number of hydrogen-bond donors (Lipinski definition) is 0. The van der Waals surface area contributed by atoms with E-state index in [1.165, 1.54) is 12.1 Å². The van der Waals surface area contributed by atoms with Crippen molar-refractivity contribution < 1.29 is 18.0 Å². The molecular formula is C14H15F3O. The lowest BCUT2D eigenvalue weighted by molar-refractivity contribution is -0.137. The topological polar surface area (TPSA) is 17.1 Å². The van der Waals surface area contributed by atoms with Crippen LogP contribution in [0.5, 0.6) is 0 Å². The fraction of sp³-hybridized carbons (Fsp3) is 0.357. The molecule has 0 fully saturated rings. The van der Waals surface area contributed by atoms with E-state index in [9.17, 15) is 18.0 Å². The first-order chi connectivity index (χ1) is 8.21. The van der Waals surface area contributed by atoms with Crippen molar-refractivity contribution in [3.05, 3.63) is 47.0 Å². The monoisotopic (exact) mass is 256 g/mol. The minimum atomic E-state index is -4.37. The van der Waals surface area contributed by atoms with Gasteiger partial charge in [0, 0.05) is 11.5 Å². The van der Waals surface area contributed by atoms with Gasteiger partial charge < -0.3 is 0 Å². The average molecular weight is 256 g/mol. The Kier molecular flexibility index (Phi) is 4.33. The van der Waals surface area contributed by atoms with Gasteiger partial charge in [-0.05, 0) is 26.0 Å². The molecule has 0 amide bonds. The molecule has 0 saturated carbocycles. The highest BCUT2D eigenvalue weighted by Crippen LogP contribution is 2.29. The van der Waals surface area contributed by atoms with Gasteiger partial charge in [0.25, 0.3) is 0 Å². The summed E-state index contributed by atoms with van der Waals surface area (Å²) in [7, 11) is 0. The van der Waals surface area contributed by atoms with Crippen LogP contribution in [0.15, 0.2) is 35.9 Å². The Morgan fingerprint density at radius 2 is 1.67 bits per heavy atom. The maximum absolute atomic E-state index is 12.4. The molecular weight excluding hydrogens is 241 g/mol. The molecule has 1 unspecified atom stereocenters. The summed E-state index contributed by atoms with van der Waals surface area (Å²) < 4.78 is 37.1. The number of hydrogen-bond acceptors (Lipinski definition) is 1. The zero-order valence-corrected chi connectivity index (χ0v) is 10.5. The summed E-state index contributed by atoms with van der Waals surface area (Å²) in [5.74, 6) is -0.503. The lowest BCUT2D eigenvalue weighted by Gasteiger charge is -2.09. The van der Waals surface area contributed by atoms with Crippen molar-refractivity contribution in [2.75, 3.05) is 0 Å². The van der Waals surface area contributed by atoms with Crippen LogP contribution in [-0.4, -0.2) is 5.78 Å². The highest BCUT2D eigenvalue weighted by atomic mass is 19.4. The summed E-state index contributed by atoms with van der Waals surface area (Å²) >= 11 is 0. The van der Waals surface area contributed by atoms with E-state index in [0.717, 1.165) is 17.7 Å². The van der Waals surface area contributed by atoms with Crippen LogP contribution in [0, 0.1) is 5.92 Å². The summed E-state index contributed by atoms with van der Waals surface area (Å²) in [6.45, 7) is 5.47. The zero-order chi connectivity index (χ0) is 13.9. The number of alkyl halides is 3. The number of benzene rings is 1. The number of halogens is 3. The van der Waals surface area contributed by atoms with Gasteiger partial charge in [0.2, 0.25) is 0 Å². The zero-order valence-electron chi connectivity index (χ0n) is 10.5. The first-order valence-corrected chi connectivity index (χ1v) is 5.58. The third kappa shape index (κ3) is 3.72. The van der Waals surface area contributed by atoms with Gasteiger partial charge in [-0.2, -0.15) is 13.2 Å². The number of allylic oxidation sites excluding steroid dienone is 2. The molecule has 0 radical (unpaired) electrons. The second kappa shape index (κ2) is 5.38. The van der Waals surface area contributed by atoms with Gasteiger partial charge in [0.05, 0.1) is 5.56 Å². The summed E-state index contributed by atoms with van der Waals surface area (Å²) in [4.78, 5) is 11.9. The number of carbonyl (C=O) groups is 1. The van der Waals surface area contributed by atoms with Gasteiger partial charge in [-0.1, -0.05) is 30.7 Å². The molecule has 1 aromatic rings. The van der Waals surface area contributed by atoms with E-state index < -0.39 is 11.7 Å². The largest absolute Gasteiger partial charge is 0.416 e. The van der Waals surface area contributed by atoms with Crippen molar-refractivity contribution in [2.45, 2.75) is 26.9 Å². The molecule has 0 aromatic heterocycles. The molecule has 98 valence electrons. The third-order valence-corrected chi connectivity index (χ3v) is 2.49. The number of ketones is 1. The minimum absolute atomic E-state index is 0.176. The first-order valence-electron chi connectivity index (χ1n) is 5.58. The van der Waals surface area contributed by atoms with Crippen molar-refractivity contribution in [3.63, 3.8) is 0 Å². The van der Waals surface area contributed by atoms with Crippen molar-refractivity contribution >= 4 is 5.78 Å². The SMILES string of the molecule is CC(C)=CC(C)C(=O)c1ccc(C(F)(F)F)cc1. The molecule has 0 heterocycles. The molecule has 0 aliphatic rings. The molecule has 1 rings (SSSR count). The molecule has 0 spiro atoms. The first kappa shape index (κ1) is 14.5. The predicted octanol–water partition coefficient (Wildman–Crippen LogP) is 4.49. The van der Waals surface area contributed by atoms with Crippen LogP contribution in [0.25, 0.3) is 0 Å². The van der Waals surface area contributed by atoms with Crippen LogP contribution in [0.1, 0.15) is 36.7 Å². The summed E-state index contributed by atoms with van der Waals surface area (Å²) in [5, 5.41) is 0. The Hall–Kier alpha value is -1.58. The highest BCUT2D eigenvalue weighted by Gasteiger charge is 2.30. The molecule has 1 aromatic carbocycles. The van der Waals surface area contributed by atoms with Crippen LogP contribution in [0.3, 0.4) is 0 Å². The van der Waals surface area contributed by atoms with Crippen LogP contribution in [0.4, 0.5) is 13.2 Å². The quantitative estimate of drug-likeness (QED) is 0.575. The van der Waals surface area contributed by atoms with E-state index in [1.54, 1.807) is 13.0 Å². The lowest BCUT2D eigenvalue weighted by atomic mass is 9.97. The van der Waals surface area contributed by atoms with Crippen LogP contribution < -0.4 is 0 Å². The van der Waals surface area contributed by atoms with E-state index in [2.05, 4.69) is 0 Å². The van der Waals surface area contributed by atoms with Gasteiger partial charge in [0.1, 0.15) is 0 Å². The van der Waals surface area contributed by atoms with Crippen LogP contribution in [-0.2, 0) is 6.18 Å². The van der Waals surface area contributed by atoms with Crippen molar-refractivity contribution in [3.8, 4) is 0 Å². The van der Waals surface area contributed by atoms with Crippen molar-refractivity contribution in [1.82, 2.24) is 0 Å². The minimum Gasteiger partial charge on any atom is -0.294 e. The summed E-state index contributed by atoms with van der Waals surface area (Å²) in [6.07, 6.45) is -2.58. The number of carbonyl (C=O) groups excluding carboxylic acids is 1. The number of rotatable bonds is 3. The van der Waals surface area contributed by atoms with Crippen molar-refractivity contribution in [2.24, 2.45) is 5.92 Å². The number of Topliss-reactive ketones (excluding diaryl/α,β-unsaturated/α-hetero) is 1. The molecule has 1 nitrogen and oxygen atoms in total. The molecule has 0 saturated heterocycles. The van der Waals surface area contributed by atoms with Gasteiger partial charge in [-0.25, -0.2) is 0 Å². The molecule has 0 aliphatic heterocycles. The molecule has 0 bridgehead atoms. The fourth-order valence-electron chi connectivity index (χ4n) is 1.66. The molecule has 0 N–H and O–H groups in total. The summed E-state index contributed by atoms with van der Waals surface area (Å²) in [5.41, 5.74) is 0.560. The Bertz CT molecular complexity index is 451. The van der Waals surface area contributed by atoms with E-state index in [1.807, 2.05) is 13.8 Å². The fourth-order valence-corrected chi connectivity index (χ4v) is 1.66. The molecule has 0 aliphatic carbocycles. The second-order valence-electron chi connectivity index (χ2n) is 4.47. The van der Waals surface area contributed by atoms with Gasteiger partial charge in [-0.3, -0.25) is 4.79 Å². The van der Waals surface area contributed by atoms with Crippen molar-refractivity contribution in [1.29, 1.82) is 0 Å². The molecule has 4 heteroatoms. The lowest BCUT2D eigenvalue weighted by Crippen LogP contribution is -2.10. The molecule has 18 heavy (non-hydrogen) atoms. The highest BCUT2D eigenvalue weighted by molar-refractivity contribution is 5.98. The van der Waals surface area contributed by atoms with Crippen LogP contribution >= 0.6 is 0 Å². The maximum atomic E-state index is 12.4. The Labute approximate surface area is 104 Å². The second-order valence-corrected chi connectivity index (χ2v) is 4.47. The Morgan fingerprint density at radius 3 is 2.06 bits per heavy atom. The standard InChI is InChI=1S/C14H15F3O/c1-9(2)8-10(3)13(18)11-4-6-12(7-5-11)14(15,16)17/h4-8,10H,1-3H3. The van der Waals surface area contributed by atoms with Gasteiger partial charge in [0.15, 0.2) is 5.78 Å². The Balaban J connectivity index is 2.93. The summed E-state index contributed by atoms with van der Waals surface area (Å²) in [6, 6.07) is 4.31. The van der Waals surface area contributed by atoms with E-state index in [4.69, 9.17) is 0 Å². The smallest absolute Gasteiger partial charge is 0.294 e. The predicted molar refractivity (Wildman–Crippen MR) is 64.4 cm³/mol. The van der Waals surface area contributed by atoms with E-state index >= 15 is 0 Å².